The molecule has 2 heteroatoms. The number of halogens is 1. The molecule has 0 aliphatic rings. The fourth-order valence-corrected chi connectivity index (χ4v) is 1.77. The lowest BCUT2D eigenvalue weighted by molar-refractivity contribution is 0.939. The molecule has 0 saturated carbocycles. The fourth-order valence-electron chi connectivity index (χ4n) is 0.720. The van der Waals surface area contributed by atoms with Crippen LogP contribution in [0.15, 0.2) is 17.5 Å². The minimum absolute atomic E-state index is 0.111. The molecule has 10 heavy (non-hydrogen) atoms. The third kappa shape index (κ3) is 1.74. The standard InChI is InChI=1S/C8H10ClS/c1-6(2)8(9)7-4-3-5-10-7/h3-5,8H,1-2H3. The summed E-state index contributed by atoms with van der Waals surface area (Å²) in [7, 11) is 0. The maximum atomic E-state index is 6.06. The third-order valence-corrected chi connectivity index (χ3v) is 3.04. The zero-order chi connectivity index (χ0) is 7.56. The van der Waals surface area contributed by atoms with Gasteiger partial charge in [0.2, 0.25) is 0 Å². The van der Waals surface area contributed by atoms with Gasteiger partial charge in [-0.05, 0) is 17.4 Å². The van der Waals surface area contributed by atoms with E-state index in [1.165, 1.54) is 10.8 Å². The van der Waals surface area contributed by atoms with Crippen molar-refractivity contribution in [2.75, 3.05) is 0 Å². The van der Waals surface area contributed by atoms with Gasteiger partial charge in [0.1, 0.15) is 0 Å². The van der Waals surface area contributed by atoms with Crippen molar-refractivity contribution in [1.82, 2.24) is 0 Å². The first kappa shape index (κ1) is 8.09. The second kappa shape index (κ2) is 3.40. The minimum Gasteiger partial charge on any atom is -0.147 e. The Kier molecular flexibility index (Phi) is 2.75. The van der Waals surface area contributed by atoms with E-state index in [9.17, 15) is 0 Å². The number of alkyl halides is 1. The van der Waals surface area contributed by atoms with Crippen LogP contribution >= 0.6 is 22.9 Å². The number of hydrogen-bond acceptors (Lipinski definition) is 1. The smallest absolute Gasteiger partial charge is 0.0735 e. The van der Waals surface area contributed by atoms with Crippen molar-refractivity contribution in [1.29, 1.82) is 0 Å². The van der Waals surface area contributed by atoms with Gasteiger partial charge in [-0.2, -0.15) is 0 Å². The Morgan fingerprint density at radius 3 is 2.70 bits per heavy atom. The van der Waals surface area contributed by atoms with Crippen molar-refractivity contribution in [2.45, 2.75) is 19.2 Å². The summed E-state index contributed by atoms with van der Waals surface area (Å²) >= 11 is 7.76. The quantitative estimate of drug-likeness (QED) is 0.599. The summed E-state index contributed by atoms with van der Waals surface area (Å²) < 4.78 is 0. The van der Waals surface area contributed by atoms with Crippen LogP contribution in [0.5, 0.6) is 0 Å². The molecule has 0 bridgehead atoms. The Labute approximate surface area is 70.8 Å². The first-order chi connectivity index (χ1) is 4.72. The Balaban J connectivity index is 2.68. The summed E-state index contributed by atoms with van der Waals surface area (Å²) in [5, 5.41) is 2.16. The summed E-state index contributed by atoms with van der Waals surface area (Å²) in [6, 6.07) is 4.09. The van der Waals surface area contributed by atoms with Crippen molar-refractivity contribution in [3.8, 4) is 0 Å². The molecule has 1 radical (unpaired) electrons. The maximum Gasteiger partial charge on any atom is 0.0735 e. The van der Waals surface area contributed by atoms with Crippen LogP contribution in [0.2, 0.25) is 0 Å². The van der Waals surface area contributed by atoms with Gasteiger partial charge in [0, 0.05) is 4.88 Å². The second-order valence-electron chi connectivity index (χ2n) is 2.46. The van der Waals surface area contributed by atoms with Crippen molar-refractivity contribution in [3.63, 3.8) is 0 Å². The third-order valence-electron chi connectivity index (χ3n) is 1.30. The number of hydrogen-bond donors (Lipinski definition) is 0. The van der Waals surface area contributed by atoms with Crippen LogP contribution in [0.25, 0.3) is 0 Å². The highest BCUT2D eigenvalue weighted by atomic mass is 35.5. The molecule has 1 rings (SSSR count). The summed E-state index contributed by atoms with van der Waals surface area (Å²) in [5.41, 5.74) is 0. The average Bonchev–Trinajstić information content (AvgIpc) is 2.36. The van der Waals surface area contributed by atoms with Gasteiger partial charge >= 0.3 is 0 Å². The van der Waals surface area contributed by atoms with Gasteiger partial charge in [-0.1, -0.05) is 19.9 Å². The van der Waals surface area contributed by atoms with Gasteiger partial charge in [-0.3, -0.25) is 0 Å². The first-order valence-electron chi connectivity index (χ1n) is 3.19. The predicted octanol–water partition coefficient (Wildman–Crippen LogP) is 3.64. The summed E-state index contributed by atoms with van der Waals surface area (Å²) in [4.78, 5) is 1.24. The highest BCUT2D eigenvalue weighted by Gasteiger charge is 2.12. The van der Waals surface area contributed by atoms with E-state index in [1.54, 1.807) is 11.3 Å². The van der Waals surface area contributed by atoms with E-state index >= 15 is 0 Å². The molecule has 0 fully saturated rings. The molecule has 1 unspecified atom stereocenters. The fraction of sp³-hybridized carbons (Fsp3) is 0.375. The predicted molar refractivity (Wildman–Crippen MR) is 47.5 cm³/mol. The lowest BCUT2D eigenvalue weighted by Crippen LogP contribution is -1.93. The molecule has 1 aromatic rings. The normalized spacial score (nSPS) is 14.0. The average molecular weight is 174 g/mol. The van der Waals surface area contributed by atoms with E-state index in [0.717, 1.165) is 0 Å². The molecular formula is C8H10ClS. The van der Waals surface area contributed by atoms with E-state index in [2.05, 4.69) is 19.9 Å². The SMILES string of the molecule is C[C](C)C(Cl)c1cccs1. The highest BCUT2D eigenvalue weighted by Crippen LogP contribution is 2.32. The van der Waals surface area contributed by atoms with Crippen LogP contribution in [0, 0.1) is 5.92 Å². The van der Waals surface area contributed by atoms with Crippen molar-refractivity contribution >= 4 is 22.9 Å². The molecule has 0 aromatic carbocycles. The van der Waals surface area contributed by atoms with Gasteiger partial charge in [0.15, 0.2) is 0 Å². The zero-order valence-electron chi connectivity index (χ0n) is 6.10. The molecule has 0 aliphatic heterocycles. The Bertz CT molecular complexity index is 179. The van der Waals surface area contributed by atoms with Crippen LogP contribution in [-0.4, -0.2) is 0 Å². The van der Waals surface area contributed by atoms with Crippen LogP contribution in [0.4, 0.5) is 0 Å². The minimum atomic E-state index is 0.111. The zero-order valence-corrected chi connectivity index (χ0v) is 7.67. The molecular weight excluding hydrogens is 164 g/mol. The number of rotatable bonds is 2. The largest absolute Gasteiger partial charge is 0.147 e. The molecule has 1 atom stereocenters. The van der Waals surface area contributed by atoms with Crippen LogP contribution in [0.3, 0.4) is 0 Å². The maximum absolute atomic E-state index is 6.06. The molecule has 0 aliphatic carbocycles. The van der Waals surface area contributed by atoms with E-state index in [0.29, 0.717) is 0 Å². The molecule has 0 N–H and O–H groups in total. The molecule has 1 aromatic heterocycles. The van der Waals surface area contributed by atoms with Crippen molar-refractivity contribution in [3.05, 3.63) is 28.3 Å². The van der Waals surface area contributed by atoms with Gasteiger partial charge in [-0.25, -0.2) is 0 Å². The second-order valence-corrected chi connectivity index (χ2v) is 3.87. The van der Waals surface area contributed by atoms with Crippen molar-refractivity contribution in [2.24, 2.45) is 0 Å². The van der Waals surface area contributed by atoms with Crippen molar-refractivity contribution < 1.29 is 0 Å². The van der Waals surface area contributed by atoms with E-state index < -0.39 is 0 Å². The lowest BCUT2D eigenvalue weighted by Gasteiger charge is -2.09. The van der Waals surface area contributed by atoms with Crippen LogP contribution in [0.1, 0.15) is 24.1 Å². The summed E-state index contributed by atoms with van der Waals surface area (Å²) in [6.07, 6.45) is 0. The Morgan fingerprint density at radius 1 is 1.60 bits per heavy atom. The molecule has 0 saturated heterocycles. The number of thiophene rings is 1. The summed E-state index contributed by atoms with van der Waals surface area (Å²) in [6.45, 7) is 4.11. The Morgan fingerprint density at radius 2 is 2.30 bits per heavy atom. The highest BCUT2D eigenvalue weighted by molar-refractivity contribution is 7.10. The van der Waals surface area contributed by atoms with E-state index in [-0.39, 0.29) is 5.38 Å². The molecule has 0 amide bonds. The first-order valence-corrected chi connectivity index (χ1v) is 4.51. The molecule has 55 valence electrons. The van der Waals surface area contributed by atoms with Crippen LogP contribution in [-0.2, 0) is 0 Å². The summed E-state index contributed by atoms with van der Waals surface area (Å²) in [5.74, 6) is 1.25. The van der Waals surface area contributed by atoms with Gasteiger partial charge in [-0.15, -0.1) is 22.9 Å². The van der Waals surface area contributed by atoms with Crippen LogP contribution < -0.4 is 0 Å². The molecule has 0 spiro atoms. The van der Waals surface area contributed by atoms with Gasteiger partial charge < -0.3 is 0 Å². The van der Waals surface area contributed by atoms with Gasteiger partial charge in [0.05, 0.1) is 5.38 Å². The molecule has 1 heterocycles. The molecule has 0 nitrogen and oxygen atoms in total. The van der Waals surface area contributed by atoms with E-state index in [4.69, 9.17) is 11.6 Å². The Hall–Kier alpha value is -0.0100. The monoisotopic (exact) mass is 173 g/mol. The lowest BCUT2D eigenvalue weighted by atomic mass is 10.1. The van der Waals surface area contributed by atoms with E-state index in [1.807, 2.05) is 11.4 Å². The topological polar surface area (TPSA) is 0 Å². The van der Waals surface area contributed by atoms with Gasteiger partial charge in [0.25, 0.3) is 0 Å².